The molecule has 12 heavy (non-hydrogen) atoms. The minimum absolute atomic E-state index is 0.810. The molecule has 0 bridgehead atoms. The summed E-state index contributed by atoms with van der Waals surface area (Å²) >= 11 is 0. The number of aldehydes is 1. The molecule has 0 heterocycles. The molecule has 0 radical (unpaired) electrons. The predicted octanol–water partition coefficient (Wildman–Crippen LogP) is 2.68. The SMILES string of the molecule is CCc1cc(C)c(C=O)cc1C. The quantitative estimate of drug-likeness (QED) is 0.611. The number of aryl methyl sites for hydroxylation is 3. The van der Waals surface area contributed by atoms with Crippen molar-refractivity contribution < 1.29 is 4.79 Å². The van der Waals surface area contributed by atoms with Gasteiger partial charge >= 0.3 is 0 Å². The molecule has 1 aromatic carbocycles. The van der Waals surface area contributed by atoms with Crippen LogP contribution in [0.25, 0.3) is 0 Å². The van der Waals surface area contributed by atoms with Gasteiger partial charge in [-0.3, -0.25) is 4.79 Å². The van der Waals surface area contributed by atoms with Gasteiger partial charge < -0.3 is 0 Å². The fourth-order valence-corrected chi connectivity index (χ4v) is 1.41. The maximum Gasteiger partial charge on any atom is 0.150 e. The zero-order valence-corrected chi connectivity index (χ0v) is 7.85. The van der Waals surface area contributed by atoms with E-state index in [9.17, 15) is 4.79 Å². The van der Waals surface area contributed by atoms with Crippen LogP contribution in [0.15, 0.2) is 12.1 Å². The molecule has 0 N–H and O–H groups in total. The zero-order valence-electron chi connectivity index (χ0n) is 7.85. The molecule has 64 valence electrons. The van der Waals surface area contributed by atoms with Crippen molar-refractivity contribution >= 4 is 6.29 Å². The lowest BCUT2D eigenvalue weighted by Crippen LogP contribution is -1.93. The molecular formula is C11H14O. The van der Waals surface area contributed by atoms with Crippen molar-refractivity contribution in [2.24, 2.45) is 0 Å². The summed E-state index contributed by atoms with van der Waals surface area (Å²) in [6, 6.07) is 4.06. The van der Waals surface area contributed by atoms with Crippen LogP contribution in [0.1, 0.15) is 34.0 Å². The van der Waals surface area contributed by atoms with Crippen molar-refractivity contribution in [1.82, 2.24) is 0 Å². The Morgan fingerprint density at radius 2 is 1.92 bits per heavy atom. The monoisotopic (exact) mass is 162 g/mol. The molecule has 0 spiro atoms. The fraction of sp³-hybridized carbons (Fsp3) is 0.364. The minimum atomic E-state index is 0.810. The van der Waals surface area contributed by atoms with E-state index in [1.807, 2.05) is 19.9 Å². The Kier molecular flexibility index (Phi) is 2.64. The Morgan fingerprint density at radius 1 is 1.25 bits per heavy atom. The van der Waals surface area contributed by atoms with E-state index >= 15 is 0 Å². The van der Waals surface area contributed by atoms with Gasteiger partial charge in [0.15, 0.2) is 0 Å². The summed E-state index contributed by atoms with van der Waals surface area (Å²) < 4.78 is 0. The number of hydrogen-bond acceptors (Lipinski definition) is 1. The Balaban J connectivity index is 3.25. The maximum absolute atomic E-state index is 10.6. The minimum Gasteiger partial charge on any atom is -0.298 e. The van der Waals surface area contributed by atoms with E-state index in [0.717, 1.165) is 23.8 Å². The lowest BCUT2D eigenvalue weighted by Gasteiger charge is -2.06. The van der Waals surface area contributed by atoms with E-state index in [-0.39, 0.29) is 0 Å². The largest absolute Gasteiger partial charge is 0.298 e. The van der Waals surface area contributed by atoms with Gasteiger partial charge in [0.1, 0.15) is 6.29 Å². The van der Waals surface area contributed by atoms with Crippen LogP contribution >= 0.6 is 0 Å². The van der Waals surface area contributed by atoms with Crippen LogP contribution in [-0.2, 0) is 6.42 Å². The van der Waals surface area contributed by atoms with E-state index in [1.54, 1.807) is 0 Å². The van der Waals surface area contributed by atoms with Crippen molar-refractivity contribution in [1.29, 1.82) is 0 Å². The van der Waals surface area contributed by atoms with Crippen molar-refractivity contribution in [3.8, 4) is 0 Å². The summed E-state index contributed by atoms with van der Waals surface area (Å²) in [5, 5.41) is 0. The lowest BCUT2D eigenvalue weighted by molar-refractivity contribution is 0.112. The second kappa shape index (κ2) is 3.53. The van der Waals surface area contributed by atoms with Crippen LogP contribution in [0.3, 0.4) is 0 Å². The number of hydrogen-bond donors (Lipinski definition) is 0. The number of rotatable bonds is 2. The van der Waals surface area contributed by atoms with E-state index < -0.39 is 0 Å². The first kappa shape index (κ1) is 8.98. The molecule has 0 aliphatic carbocycles. The van der Waals surface area contributed by atoms with Crippen molar-refractivity contribution in [2.45, 2.75) is 27.2 Å². The fourth-order valence-electron chi connectivity index (χ4n) is 1.41. The lowest BCUT2D eigenvalue weighted by atomic mass is 9.99. The van der Waals surface area contributed by atoms with Gasteiger partial charge in [-0.1, -0.05) is 13.0 Å². The molecule has 0 aliphatic heterocycles. The molecule has 1 aromatic rings. The third-order valence-electron chi connectivity index (χ3n) is 2.23. The van der Waals surface area contributed by atoms with Gasteiger partial charge in [-0.2, -0.15) is 0 Å². The van der Waals surface area contributed by atoms with E-state index in [1.165, 1.54) is 11.1 Å². The van der Waals surface area contributed by atoms with Crippen molar-refractivity contribution in [3.05, 3.63) is 34.4 Å². The van der Waals surface area contributed by atoms with Crippen molar-refractivity contribution in [2.75, 3.05) is 0 Å². The van der Waals surface area contributed by atoms with Gasteiger partial charge in [0.25, 0.3) is 0 Å². The summed E-state index contributed by atoms with van der Waals surface area (Å²) in [7, 11) is 0. The first-order chi connectivity index (χ1) is 5.69. The Morgan fingerprint density at radius 3 is 2.42 bits per heavy atom. The van der Waals surface area contributed by atoms with E-state index in [2.05, 4.69) is 13.0 Å². The standard InChI is InChI=1S/C11H14O/c1-4-10-5-9(3)11(7-12)6-8(10)2/h5-7H,4H2,1-3H3. The molecule has 0 saturated carbocycles. The third kappa shape index (κ3) is 1.55. The molecule has 1 nitrogen and oxygen atoms in total. The smallest absolute Gasteiger partial charge is 0.150 e. The Hall–Kier alpha value is -1.11. The van der Waals surface area contributed by atoms with Crippen LogP contribution in [0.4, 0.5) is 0 Å². The highest BCUT2D eigenvalue weighted by Gasteiger charge is 2.01. The third-order valence-corrected chi connectivity index (χ3v) is 2.23. The van der Waals surface area contributed by atoms with E-state index in [4.69, 9.17) is 0 Å². The number of carbonyl (C=O) groups is 1. The molecule has 0 aromatic heterocycles. The molecule has 0 saturated heterocycles. The summed E-state index contributed by atoms with van der Waals surface area (Å²) in [4.78, 5) is 10.6. The van der Waals surface area contributed by atoms with Gasteiger partial charge in [0, 0.05) is 5.56 Å². The molecule has 0 unspecified atom stereocenters. The van der Waals surface area contributed by atoms with Crippen LogP contribution in [0.2, 0.25) is 0 Å². The van der Waals surface area contributed by atoms with E-state index in [0.29, 0.717) is 0 Å². The van der Waals surface area contributed by atoms with Crippen LogP contribution in [-0.4, -0.2) is 6.29 Å². The highest BCUT2D eigenvalue weighted by Crippen LogP contribution is 2.14. The topological polar surface area (TPSA) is 17.1 Å². The number of carbonyl (C=O) groups excluding carboxylic acids is 1. The Labute approximate surface area is 73.4 Å². The van der Waals surface area contributed by atoms with Crippen LogP contribution in [0, 0.1) is 13.8 Å². The first-order valence-corrected chi connectivity index (χ1v) is 4.24. The van der Waals surface area contributed by atoms with Crippen molar-refractivity contribution in [3.63, 3.8) is 0 Å². The van der Waals surface area contributed by atoms with Gasteiger partial charge in [0.05, 0.1) is 0 Å². The molecular weight excluding hydrogens is 148 g/mol. The molecule has 1 heteroatoms. The van der Waals surface area contributed by atoms with Crippen LogP contribution < -0.4 is 0 Å². The first-order valence-electron chi connectivity index (χ1n) is 4.24. The maximum atomic E-state index is 10.6. The highest BCUT2D eigenvalue weighted by atomic mass is 16.1. The molecule has 0 amide bonds. The summed E-state index contributed by atoms with van der Waals surface area (Å²) in [6.07, 6.45) is 1.95. The summed E-state index contributed by atoms with van der Waals surface area (Å²) in [6.45, 7) is 6.15. The molecule has 1 rings (SSSR count). The average molecular weight is 162 g/mol. The van der Waals surface area contributed by atoms with Gasteiger partial charge in [-0.25, -0.2) is 0 Å². The Bertz CT molecular complexity index is 300. The highest BCUT2D eigenvalue weighted by molar-refractivity contribution is 5.77. The van der Waals surface area contributed by atoms with Gasteiger partial charge in [-0.15, -0.1) is 0 Å². The number of benzene rings is 1. The van der Waals surface area contributed by atoms with Gasteiger partial charge in [0.2, 0.25) is 0 Å². The predicted molar refractivity (Wildman–Crippen MR) is 50.7 cm³/mol. The molecule has 0 atom stereocenters. The average Bonchev–Trinajstić information content (AvgIpc) is 2.08. The zero-order chi connectivity index (χ0) is 9.14. The summed E-state index contributed by atoms with van der Waals surface area (Å²) in [5.41, 5.74) is 4.43. The van der Waals surface area contributed by atoms with Gasteiger partial charge in [-0.05, 0) is 43.0 Å². The molecule has 0 aliphatic rings. The second-order valence-corrected chi connectivity index (χ2v) is 3.11. The summed E-state index contributed by atoms with van der Waals surface area (Å²) in [5.74, 6) is 0. The second-order valence-electron chi connectivity index (χ2n) is 3.11. The van der Waals surface area contributed by atoms with Crippen LogP contribution in [0.5, 0.6) is 0 Å². The molecule has 0 fully saturated rings. The normalized spacial score (nSPS) is 9.92.